The Labute approximate surface area is 194 Å². The van der Waals surface area contributed by atoms with Crippen LogP contribution in [-0.2, 0) is 22.6 Å². The first-order valence-electron chi connectivity index (χ1n) is 12.0. The summed E-state index contributed by atoms with van der Waals surface area (Å²) in [6.45, 7) is 5.99. The SMILES string of the molecule is CC(=O)N1CCC(N2C[C@@H]3C[C@H](C2)c2ccc(NC(=O)Cc4ccccc4)c(=O)n2C3)CC1. The van der Waals surface area contributed by atoms with Gasteiger partial charge in [-0.25, -0.2) is 0 Å². The Hall–Kier alpha value is -2.93. The number of benzene rings is 1. The molecule has 1 N–H and O–H groups in total. The summed E-state index contributed by atoms with van der Waals surface area (Å²) in [5.41, 5.74) is 2.29. The third-order valence-corrected chi connectivity index (χ3v) is 7.54. The van der Waals surface area contributed by atoms with Crippen LogP contribution in [-0.4, -0.2) is 58.4 Å². The summed E-state index contributed by atoms with van der Waals surface area (Å²) in [7, 11) is 0. The van der Waals surface area contributed by atoms with Crippen LogP contribution in [0.15, 0.2) is 47.3 Å². The normalized spacial score (nSPS) is 23.1. The Kier molecular flexibility index (Phi) is 6.06. The van der Waals surface area contributed by atoms with E-state index < -0.39 is 0 Å². The summed E-state index contributed by atoms with van der Waals surface area (Å²) < 4.78 is 1.90. The van der Waals surface area contributed by atoms with Crippen molar-refractivity contribution in [2.75, 3.05) is 31.5 Å². The molecule has 2 saturated heterocycles. The third kappa shape index (κ3) is 4.60. The summed E-state index contributed by atoms with van der Waals surface area (Å²) in [5.74, 6) is 0.780. The Morgan fingerprint density at radius 2 is 1.76 bits per heavy atom. The zero-order valence-electron chi connectivity index (χ0n) is 19.2. The molecular formula is C26H32N4O3. The zero-order valence-corrected chi connectivity index (χ0v) is 19.2. The minimum Gasteiger partial charge on any atom is -0.343 e. The lowest BCUT2D eigenvalue weighted by atomic mass is 9.82. The molecule has 7 nitrogen and oxygen atoms in total. The van der Waals surface area contributed by atoms with Crippen LogP contribution in [0.1, 0.15) is 43.4 Å². The van der Waals surface area contributed by atoms with Gasteiger partial charge in [-0.3, -0.25) is 19.3 Å². The van der Waals surface area contributed by atoms with Gasteiger partial charge in [-0.2, -0.15) is 0 Å². The van der Waals surface area contributed by atoms with Crippen molar-refractivity contribution in [2.45, 2.75) is 51.1 Å². The van der Waals surface area contributed by atoms with Crippen LogP contribution in [0.5, 0.6) is 0 Å². The molecule has 174 valence electrons. The number of nitrogens with one attached hydrogen (secondary N) is 1. The van der Waals surface area contributed by atoms with Gasteiger partial charge in [0.25, 0.3) is 5.56 Å². The monoisotopic (exact) mass is 448 g/mol. The van der Waals surface area contributed by atoms with Crippen molar-refractivity contribution in [3.63, 3.8) is 0 Å². The molecule has 1 aromatic heterocycles. The number of carbonyl (C=O) groups excluding carboxylic acids is 2. The van der Waals surface area contributed by atoms with Gasteiger partial charge >= 0.3 is 0 Å². The molecule has 0 saturated carbocycles. The predicted molar refractivity (Wildman–Crippen MR) is 127 cm³/mol. The summed E-state index contributed by atoms with van der Waals surface area (Å²) in [6, 6.07) is 13.9. The molecule has 0 aliphatic carbocycles. The molecule has 1 aromatic carbocycles. The lowest BCUT2D eigenvalue weighted by Crippen LogP contribution is -2.53. The topological polar surface area (TPSA) is 74.7 Å². The van der Waals surface area contributed by atoms with Crippen molar-refractivity contribution < 1.29 is 9.59 Å². The maximum absolute atomic E-state index is 13.2. The van der Waals surface area contributed by atoms with Crippen molar-refractivity contribution in [1.82, 2.24) is 14.4 Å². The summed E-state index contributed by atoms with van der Waals surface area (Å²) in [6.07, 6.45) is 3.42. The fraction of sp³-hybridized carbons (Fsp3) is 0.500. The molecular weight excluding hydrogens is 416 g/mol. The number of aromatic nitrogens is 1. The van der Waals surface area contributed by atoms with E-state index in [1.807, 2.05) is 45.9 Å². The molecule has 3 aliphatic rings. The minimum atomic E-state index is -0.169. The molecule has 2 fully saturated rings. The molecule has 4 heterocycles. The van der Waals surface area contributed by atoms with Crippen LogP contribution in [0, 0.1) is 5.92 Å². The lowest BCUT2D eigenvalue weighted by Gasteiger charge is -2.47. The van der Waals surface area contributed by atoms with E-state index in [-0.39, 0.29) is 23.8 Å². The van der Waals surface area contributed by atoms with E-state index in [1.54, 1.807) is 13.0 Å². The van der Waals surface area contributed by atoms with Crippen LogP contribution in [0.25, 0.3) is 0 Å². The van der Waals surface area contributed by atoms with E-state index in [4.69, 9.17) is 0 Å². The number of piperidine rings is 2. The molecule has 33 heavy (non-hydrogen) atoms. The van der Waals surface area contributed by atoms with E-state index in [1.165, 1.54) is 0 Å². The Morgan fingerprint density at radius 3 is 2.48 bits per heavy atom. The molecule has 5 rings (SSSR count). The summed E-state index contributed by atoms with van der Waals surface area (Å²) >= 11 is 0. The maximum Gasteiger partial charge on any atom is 0.274 e. The number of carbonyl (C=O) groups is 2. The first-order chi connectivity index (χ1) is 16.0. The fourth-order valence-corrected chi connectivity index (χ4v) is 5.90. The molecule has 2 atom stereocenters. The Morgan fingerprint density at radius 1 is 1.00 bits per heavy atom. The molecule has 2 bridgehead atoms. The van der Waals surface area contributed by atoms with Crippen LogP contribution < -0.4 is 10.9 Å². The number of pyridine rings is 1. The van der Waals surface area contributed by atoms with Crippen LogP contribution in [0.2, 0.25) is 0 Å². The standard InChI is InChI=1S/C26H32N4O3/c1-18(31)28-11-9-22(10-12-28)29-15-20-13-21(17-29)24-8-7-23(26(33)30(24)16-20)27-25(32)14-19-5-3-2-4-6-19/h2-8,20-22H,9-17H2,1H3,(H,27,32)/t20-,21+/m0/s1. The van der Waals surface area contributed by atoms with E-state index in [9.17, 15) is 14.4 Å². The molecule has 2 aromatic rings. The van der Waals surface area contributed by atoms with E-state index >= 15 is 0 Å². The number of rotatable bonds is 4. The highest BCUT2D eigenvalue weighted by Crippen LogP contribution is 2.37. The van der Waals surface area contributed by atoms with Gasteiger partial charge < -0.3 is 14.8 Å². The average molecular weight is 449 g/mol. The molecule has 0 unspecified atom stereocenters. The quantitative estimate of drug-likeness (QED) is 0.780. The Balaban J connectivity index is 1.27. The van der Waals surface area contributed by atoms with Crippen molar-refractivity contribution in [3.05, 3.63) is 64.1 Å². The lowest BCUT2D eigenvalue weighted by molar-refractivity contribution is -0.130. The number of hydrogen-bond donors (Lipinski definition) is 1. The van der Waals surface area contributed by atoms with Crippen LogP contribution in [0.4, 0.5) is 5.69 Å². The molecule has 0 radical (unpaired) electrons. The number of likely N-dealkylation sites (tertiary alicyclic amines) is 2. The second-order valence-electron chi connectivity index (χ2n) is 9.79. The number of fused-ring (bicyclic) bond motifs is 4. The molecule has 2 amide bonds. The van der Waals surface area contributed by atoms with Gasteiger partial charge in [-0.1, -0.05) is 30.3 Å². The predicted octanol–water partition coefficient (Wildman–Crippen LogP) is 2.46. The molecule has 0 spiro atoms. The van der Waals surface area contributed by atoms with E-state index in [0.717, 1.165) is 56.7 Å². The average Bonchev–Trinajstić information content (AvgIpc) is 2.82. The zero-order chi connectivity index (χ0) is 22.9. The highest BCUT2D eigenvalue weighted by atomic mass is 16.2. The summed E-state index contributed by atoms with van der Waals surface area (Å²) in [4.78, 5) is 41.9. The number of amides is 2. The number of anilines is 1. The van der Waals surface area contributed by atoms with Crippen LogP contribution >= 0.6 is 0 Å². The largest absolute Gasteiger partial charge is 0.343 e. The first kappa shape index (κ1) is 21.9. The van der Waals surface area contributed by atoms with Gasteiger partial charge in [-0.15, -0.1) is 0 Å². The van der Waals surface area contributed by atoms with Gasteiger partial charge in [0, 0.05) is 57.3 Å². The fourth-order valence-electron chi connectivity index (χ4n) is 5.90. The van der Waals surface area contributed by atoms with Crippen molar-refractivity contribution in [2.24, 2.45) is 5.92 Å². The Bertz CT molecular complexity index is 1090. The number of hydrogen-bond acceptors (Lipinski definition) is 4. The van der Waals surface area contributed by atoms with Crippen molar-refractivity contribution in [3.8, 4) is 0 Å². The minimum absolute atomic E-state index is 0.0909. The van der Waals surface area contributed by atoms with Gasteiger partial charge in [0.1, 0.15) is 5.69 Å². The first-order valence-corrected chi connectivity index (χ1v) is 12.0. The summed E-state index contributed by atoms with van der Waals surface area (Å²) in [5, 5.41) is 2.83. The van der Waals surface area contributed by atoms with Gasteiger partial charge in [0.2, 0.25) is 11.8 Å². The third-order valence-electron chi connectivity index (χ3n) is 7.54. The van der Waals surface area contributed by atoms with E-state index in [2.05, 4.69) is 10.2 Å². The second-order valence-corrected chi connectivity index (χ2v) is 9.79. The molecule has 7 heteroatoms. The maximum atomic E-state index is 13.2. The highest BCUT2D eigenvalue weighted by Gasteiger charge is 2.38. The van der Waals surface area contributed by atoms with Crippen molar-refractivity contribution in [1.29, 1.82) is 0 Å². The van der Waals surface area contributed by atoms with Gasteiger partial charge in [0.05, 0.1) is 6.42 Å². The van der Waals surface area contributed by atoms with Crippen LogP contribution in [0.3, 0.4) is 0 Å². The second kappa shape index (κ2) is 9.14. The highest BCUT2D eigenvalue weighted by molar-refractivity contribution is 5.92. The van der Waals surface area contributed by atoms with Gasteiger partial charge in [0.15, 0.2) is 0 Å². The molecule has 3 aliphatic heterocycles. The van der Waals surface area contributed by atoms with E-state index in [0.29, 0.717) is 30.1 Å². The van der Waals surface area contributed by atoms with Gasteiger partial charge in [-0.05, 0) is 42.9 Å². The number of nitrogens with zero attached hydrogens (tertiary/aromatic N) is 3. The smallest absolute Gasteiger partial charge is 0.274 e. The van der Waals surface area contributed by atoms with Crippen molar-refractivity contribution >= 4 is 17.5 Å².